The first-order chi connectivity index (χ1) is 10.3. The highest BCUT2D eigenvalue weighted by Crippen LogP contribution is 2.33. The molecule has 0 N–H and O–H groups in total. The van der Waals surface area contributed by atoms with Crippen LogP contribution in [0.1, 0.15) is 10.4 Å². The minimum Gasteiger partial charge on any atom is -0.496 e. The van der Waals surface area contributed by atoms with Crippen LogP contribution in [0.2, 0.25) is 0 Å². The first kappa shape index (κ1) is 13.2. The number of aromatic nitrogens is 2. The lowest BCUT2D eigenvalue weighted by Crippen LogP contribution is -2.03. The molecule has 0 unspecified atom stereocenters. The van der Waals surface area contributed by atoms with Crippen molar-refractivity contribution in [3.8, 4) is 17.0 Å². The van der Waals surface area contributed by atoms with Crippen LogP contribution in [0.5, 0.6) is 5.75 Å². The molecule has 1 aromatic carbocycles. The van der Waals surface area contributed by atoms with E-state index in [-0.39, 0.29) is 0 Å². The van der Waals surface area contributed by atoms with E-state index >= 15 is 0 Å². The van der Waals surface area contributed by atoms with Crippen molar-refractivity contribution in [1.82, 2.24) is 9.61 Å². The maximum absolute atomic E-state index is 12.2. The lowest BCUT2D eigenvalue weighted by atomic mass is 10.1. The molecule has 0 fully saturated rings. The van der Waals surface area contributed by atoms with Crippen molar-refractivity contribution in [1.29, 1.82) is 0 Å². The summed E-state index contributed by atoms with van der Waals surface area (Å²) in [6, 6.07) is 13.0. The molecule has 0 saturated heterocycles. The zero-order valence-electron chi connectivity index (χ0n) is 11.7. The van der Waals surface area contributed by atoms with E-state index in [0.717, 1.165) is 5.56 Å². The molecular weight excluding hydrogens is 268 g/mol. The second kappa shape index (κ2) is 5.28. The van der Waals surface area contributed by atoms with Gasteiger partial charge in [0.2, 0.25) is 0 Å². The highest BCUT2D eigenvalue weighted by molar-refractivity contribution is 6.03. The van der Waals surface area contributed by atoms with Crippen molar-refractivity contribution in [2.45, 2.75) is 0 Å². The number of rotatable bonds is 3. The van der Waals surface area contributed by atoms with Crippen LogP contribution in [0, 0.1) is 0 Å². The fraction of sp³-hybridized carbons (Fsp3) is 0.125. The van der Waals surface area contributed by atoms with Gasteiger partial charge in [-0.2, -0.15) is 5.10 Å². The Hall–Kier alpha value is -2.82. The van der Waals surface area contributed by atoms with E-state index in [4.69, 9.17) is 9.47 Å². The topological polar surface area (TPSA) is 52.8 Å². The smallest absolute Gasteiger partial charge is 0.342 e. The molecule has 3 rings (SSSR count). The van der Waals surface area contributed by atoms with Crippen LogP contribution in [-0.2, 0) is 4.74 Å². The van der Waals surface area contributed by atoms with Gasteiger partial charge in [0.1, 0.15) is 17.0 Å². The highest BCUT2D eigenvalue weighted by atomic mass is 16.5. The molecule has 0 saturated carbocycles. The van der Waals surface area contributed by atoms with Gasteiger partial charge in [0.05, 0.1) is 19.7 Å². The molecule has 21 heavy (non-hydrogen) atoms. The van der Waals surface area contributed by atoms with Crippen LogP contribution in [0.15, 0.2) is 48.7 Å². The normalized spacial score (nSPS) is 10.6. The van der Waals surface area contributed by atoms with Gasteiger partial charge in [-0.25, -0.2) is 9.31 Å². The molecule has 0 aliphatic rings. The van der Waals surface area contributed by atoms with Crippen molar-refractivity contribution < 1.29 is 14.3 Å². The molecule has 3 aromatic rings. The van der Waals surface area contributed by atoms with E-state index in [1.807, 2.05) is 42.5 Å². The first-order valence-electron chi connectivity index (χ1n) is 6.45. The number of ether oxygens (including phenoxy) is 2. The van der Waals surface area contributed by atoms with Crippen molar-refractivity contribution in [2.24, 2.45) is 0 Å². The predicted molar refractivity (Wildman–Crippen MR) is 78.5 cm³/mol. The number of para-hydroxylation sites is 1. The summed E-state index contributed by atoms with van der Waals surface area (Å²) in [5.41, 5.74) is 2.43. The van der Waals surface area contributed by atoms with E-state index < -0.39 is 5.97 Å². The second-order valence-electron chi connectivity index (χ2n) is 4.45. The molecule has 0 atom stereocenters. The van der Waals surface area contributed by atoms with Crippen LogP contribution in [0.4, 0.5) is 0 Å². The van der Waals surface area contributed by atoms with E-state index in [9.17, 15) is 4.79 Å². The molecule has 5 nitrogen and oxygen atoms in total. The second-order valence-corrected chi connectivity index (χ2v) is 4.45. The first-order valence-corrected chi connectivity index (χ1v) is 6.45. The largest absolute Gasteiger partial charge is 0.496 e. The van der Waals surface area contributed by atoms with Crippen LogP contribution in [0.3, 0.4) is 0 Å². The number of methoxy groups -OCH3 is 2. The zero-order chi connectivity index (χ0) is 14.8. The van der Waals surface area contributed by atoms with Crippen LogP contribution >= 0.6 is 0 Å². The van der Waals surface area contributed by atoms with Gasteiger partial charge in [-0.05, 0) is 24.3 Å². The van der Waals surface area contributed by atoms with E-state index in [0.29, 0.717) is 22.5 Å². The Morgan fingerprint density at radius 2 is 1.86 bits per heavy atom. The Kier molecular flexibility index (Phi) is 3.31. The molecule has 0 bridgehead atoms. The molecule has 5 heteroatoms. The van der Waals surface area contributed by atoms with E-state index in [1.54, 1.807) is 17.8 Å². The number of carbonyl (C=O) groups excluding carboxylic acids is 1. The van der Waals surface area contributed by atoms with Gasteiger partial charge < -0.3 is 9.47 Å². The molecule has 0 spiro atoms. The lowest BCUT2D eigenvalue weighted by molar-refractivity contribution is 0.0604. The van der Waals surface area contributed by atoms with Crippen LogP contribution in [0.25, 0.3) is 16.8 Å². The molecule has 0 radical (unpaired) electrons. The Morgan fingerprint density at radius 3 is 2.62 bits per heavy atom. The van der Waals surface area contributed by atoms with Crippen LogP contribution in [-0.4, -0.2) is 29.8 Å². The predicted octanol–water partition coefficient (Wildman–Crippen LogP) is 2.80. The average molecular weight is 282 g/mol. The molecule has 0 aliphatic carbocycles. The molecule has 106 valence electrons. The molecular formula is C16H14N2O3. The molecule has 2 aromatic heterocycles. The van der Waals surface area contributed by atoms with Gasteiger partial charge in [-0.15, -0.1) is 0 Å². The minimum absolute atomic E-state index is 0.419. The third-order valence-electron chi connectivity index (χ3n) is 3.29. The Balaban J connectivity index is 2.34. The maximum Gasteiger partial charge on any atom is 0.342 e. The number of hydrogen-bond acceptors (Lipinski definition) is 4. The number of carbonyl (C=O) groups is 1. The van der Waals surface area contributed by atoms with Gasteiger partial charge in [0, 0.05) is 11.8 Å². The number of esters is 1. The van der Waals surface area contributed by atoms with Gasteiger partial charge in [-0.3, -0.25) is 0 Å². The molecule has 2 heterocycles. The van der Waals surface area contributed by atoms with Gasteiger partial charge in [0.15, 0.2) is 0 Å². The number of benzene rings is 1. The molecule has 0 amide bonds. The summed E-state index contributed by atoms with van der Waals surface area (Å²) in [7, 11) is 2.95. The average Bonchev–Trinajstić information content (AvgIpc) is 2.93. The summed E-state index contributed by atoms with van der Waals surface area (Å²) < 4.78 is 11.9. The lowest BCUT2D eigenvalue weighted by Gasteiger charge is -2.07. The summed E-state index contributed by atoms with van der Waals surface area (Å²) in [6.45, 7) is 0. The summed E-state index contributed by atoms with van der Waals surface area (Å²) in [6.07, 6.45) is 1.79. The summed E-state index contributed by atoms with van der Waals surface area (Å²) in [5.74, 6) is 0.239. The number of nitrogens with zero attached hydrogens (tertiary/aromatic N) is 2. The van der Waals surface area contributed by atoms with E-state index in [1.165, 1.54) is 7.11 Å². The van der Waals surface area contributed by atoms with Gasteiger partial charge in [0.25, 0.3) is 0 Å². The monoisotopic (exact) mass is 282 g/mol. The summed E-state index contributed by atoms with van der Waals surface area (Å²) >= 11 is 0. The highest BCUT2D eigenvalue weighted by Gasteiger charge is 2.23. The summed E-state index contributed by atoms with van der Waals surface area (Å²) in [4.78, 5) is 12.2. The van der Waals surface area contributed by atoms with Gasteiger partial charge >= 0.3 is 5.97 Å². The van der Waals surface area contributed by atoms with Crippen molar-refractivity contribution >= 4 is 11.5 Å². The Labute approximate surface area is 121 Å². The maximum atomic E-state index is 12.2. The number of fused-ring (bicyclic) bond motifs is 1. The standard InChI is InChI=1S/C16H14N2O3/c1-20-13-9-4-3-7-11(13)15-14(16(19)21-2)12-8-5-6-10-18(12)17-15/h3-10H,1-2H3. The van der Waals surface area contributed by atoms with Crippen LogP contribution < -0.4 is 4.74 Å². The summed E-state index contributed by atoms with van der Waals surface area (Å²) in [5, 5.41) is 4.50. The third kappa shape index (κ3) is 2.12. The quantitative estimate of drug-likeness (QED) is 0.693. The third-order valence-corrected chi connectivity index (χ3v) is 3.29. The fourth-order valence-electron chi connectivity index (χ4n) is 2.33. The Bertz CT molecular complexity index is 808. The van der Waals surface area contributed by atoms with Crippen molar-refractivity contribution in [3.63, 3.8) is 0 Å². The number of pyridine rings is 1. The minimum atomic E-state index is -0.419. The fourth-order valence-corrected chi connectivity index (χ4v) is 2.33. The van der Waals surface area contributed by atoms with Crippen molar-refractivity contribution in [3.05, 3.63) is 54.2 Å². The zero-order valence-corrected chi connectivity index (χ0v) is 11.7. The number of hydrogen-bond donors (Lipinski definition) is 0. The Morgan fingerprint density at radius 1 is 1.10 bits per heavy atom. The molecule has 0 aliphatic heterocycles. The van der Waals surface area contributed by atoms with Crippen molar-refractivity contribution in [2.75, 3.05) is 14.2 Å². The van der Waals surface area contributed by atoms with E-state index in [2.05, 4.69) is 5.10 Å². The van der Waals surface area contributed by atoms with Gasteiger partial charge in [-0.1, -0.05) is 18.2 Å². The SMILES string of the molecule is COC(=O)c1c(-c2ccccc2OC)nn2ccccc12.